The quantitative estimate of drug-likeness (QED) is 0.886. The summed E-state index contributed by atoms with van der Waals surface area (Å²) in [7, 11) is 0. The van der Waals surface area contributed by atoms with Gasteiger partial charge < -0.3 is 14.6 Å². The van der Waals surface area contributed by atoms with Crippen molar-refractivity contribution >= 4 is 5.91 Å². The van der Waals surface area contributed by atoms with Gasteiger partial charge in [0, 0.05) is 12.6 Å². The van der Waals surface area contributed by atoms with Crippen molar-refractivity contribution in [1.82, 2.24) is 20.1 Å². The zero-order valence-electron chi connectivity index (χ0n) is 12.0. The minimum absolute atomic E-state index is 0.0416. The Balaban J connectivity index is 1.50. The number of hydrogen-bond acceptors (Lipinski definition) is 4. The number of nitrogens with one attached hydrogen (secondary N) is 1. The van der Waals surface area contributed by atoms with Gasteiger partial charge in [-0.1, -0.05) is 0 Å². The van der Waals surface area contributed by atoms with Gasteiger partial charge in [0.15, 0.2) is 5.82 Å². The Morgan fingerprint density at radius 3 is 2.90 bits per heavy atom. The monoisotopic (exact) mass is 278 g/mol. The molecule has 1 aliphatic heterocycles. The fraction of sp³-hybridized carbons (Fsp3) is 0.786. The second kappa shape index (κ2) is 5.91. The Labute approximate surface area is 118 Å². The molecule has 6 nitrogen and oxygen atoms in total. The molecule has 6 heteroatoms. The number of rotatable bonds is 5. The van der Waals surface area contributed by atoms with Crippen LogP contribution in [0.15, 0.2) is 0 Å². The number of aromatic nitrogens is 3. The summed E-state index contributed by atoms with van der Waals surface area (Å²) >= 11 is 0. The number of carbonyl (C=O) groups is 1. The Bertz CT molecular complexity index is 476. The Morgan fingerprint density at radius 1 is 1.35 bits per heavy atom. The van der Waals surface area contributed by atoms with E-state index in [1.165, 1.54) is 12.8 Å². The smallest absolute Gasteiger partial charge is 0.222 e. The van der Waals surface area contributed by atoms with E-state index < -0.39 is 0 Å². The molecule has 0 aromatic carbocycles. The maximum atomic E-state index is 11.9. The molecule has 0 bridgehead atoms. The highest BCUT2D eigenvalue weighted by Crippen LogP contribution is 2.36. The van der Waals surface area contributed by atoms with Crippen molar-refractivity contribution < 1.29 is 9.53 Å². The Morgan fingerprint density at radius 2 is 2.20 bits per heavy atom. The lowest BCUT2D eigenvalue weighted by Gasteiger charge is -2.21. The van der Waals surface area contributed by atoms with Gasteiger partial charge in [0.1, 0.15) is 5.82 Å². The van der Waals surface area contributed by atoms with E-state index in [9.17, 15) is 4.79 Å². The number of hydrogen-bond donors (Lipinski definition) is 1. The van der Waals surface area contributed by atoms with Crippen LogP contribution < -0.4 is 5.32 Å². The molecule has 2 heterocycles. The molecule has 0 radical (unpaired) electrons. The molecule has 1 N–H and O–H groups in total. The van der Waals surface area contributed by atoms with Crippen LogP contribution in [-0.2, 0) is 16.1 Å². The van der Waals surface area contributed by atoms with Crippen LogP contribution in [0.5, 0.6) is 0 Å². The van der Waals surface area contributed by atoms with Gasteiger partial charge in [0.25, 0.3) is 0 Å². The molecule has 1 aromatic heterocycles. The predicted octanol–water partition coefficient (Wildman–Crippen LogP) is 1.50. The molecule has 1 atom stereocenters. The third kappa shape index (κ3) is 3.17. The topological polar surface area (TPSA) is 69.0 Å². The fourth-order valence-corrected chi connectivity index (χ4v) is 2.77. The van der Waals surface area contributed by atoms with Gasteiger partial charge >= 0.3 is 0 Å². The first-order valence-corrected chi connectivity index (χ1v) is 7.52. The third-order valence-corrected chi connectivity index (χ3v) is 3.98. The number of nitrogens with zero attached hydrogens (tertiary/aromatic N) is 3. The summed E-state index contributed by atoms with van der Waals surface area (Å²) < 4.78 is 7.73. The fourth-order valence-electron chi connectivity index (χ4n) is 2.77. The molecule has 0 unspecified atom stereocenters. The van der Waals surface area contributed by atoms with Crippen LogP contribution in [0.2, 0.25) is 0 Å². The van der Waals surface area contributed by atoms with E-state index in [1.807, 2.05) is 6.92 Å². The molecular formula is C14H22N4O2. The van der Waals surface area contributed by atoms with Gasteiger partial charge in [-0.15, -0.1) is 10.2 Å². The zero-order valence-corrected chi connectivity index (χ0v) is 12.0. The van der Waals surface area contributed by atoms with E-state index in [2.05, 4.69) is 20.1 Å². The molecule has 1 saturated heterocycles. The van der Waals surface area contributed by atoms with Crippen molar-refractivity contribution in [3.63, 3.8) is 0 Å². The maximum absolute atomic E-state index is 11.9. The first kappa shape index (κ1) is 13.5. The summed E-state index contributed by atoms with van der Waals surface area (Å²) in [6.07, 6.45) is 6.19. The van der Waals surface area contributed by atoms with Gasteiger partial charge in [-0.2, -0.15) is 0 Å². The highest BCUT2D eigenvalue weighted by atomic mass is 16.5. The molecule has 20 heavy (non-hydrogen) atoms. The molecular weight excluding hydrogens is 256 g/mol. The third-order valence-electron chi connectivity index (χ3n) is 3.98. The number of amides is 1. The van der Waals surface area contributed by atoms with Gasteiger partial charge in [-0.05, 0) is 39.0 Å². The van der Waals surface area contributed by atoms with Gasteiger partial charge in [-0.25, -0.2) is 0 Å². The van der Waals surface area contributed by atoms with Crippen molar-refractivity contribution in [2.24, 2.45) is 0 Å². The normalized spacial score (nSPS) is 22.8. The SMILES string of the molecule is Cc1nnc(CNC(=O)C[C@@H]2CCCCO2)n1C1CC1. The molecule has 3 rings (SSSR count). The van der Waals surface area contributed by atoms with E-state index in [0.717, 1.165) is 37.5 Å². The standard InChI is InChI=1S/C14H22N4O2/c1-10-16-17-13(18(10)11-5-6-11)9-15-14(19)8-12-4-2-3-7-20-12/h11-12H,2-9H2,1H3,(H,15,19)/t12-/m0/s1. The predicted molar refractivity (Wildman–Crippen MR) is 73.1 cm³/mol. The van der Waals surface area contributed by atoms with Crippen LogP contribution in [0.3, 0.4) is 0 Å². The lowest BCUT2D eigenvalue weighted by molar-refractivity contribution is -0.125. The van der Waals surface area contributed by atoms with Crippen LogP contribution in [0.1, 0.15) is 56.2 Å². The van der Waals surface area contributed by atoms with Crippen LogP contribution in [0, 0.1) is 6.92 Å². The summed E-state index contributed by atoms with van der Waals surface area (Å²) in [6, 6.07) is 0.540. The van der Waals surface area contributed by atoms with E-state index in [0.29, 0.717) is 19.0 Å². The molecule has 1 saturated carbocycles. The minimum Gasteiger partial charge on any atom is -0.378 e. The van der Waals surface area contributed by atoms with Gasteiger partial charge in [-0.3, -0.25) is 4.79 Å². The second-order valence-corrected chi connectivity index (χ2v) is 5.73. The summed E-state index contributed by atoms with van der Waals surface area (Å²) in [4.78, 5) is 11.9. The summed E-state index contributed by atoms with van der Waals surface area (Å²) in [5, 5.41) is 11.2. The Hall–Kier alpha value is -1.43. The second-order valence-electron chi connectivity index (χ2n) is 5.73. The number of ether oxygens (including phenoxy) is 1. The van der Waals surface area contributed by atoms with Crippen molar-refractivity contribution in [2.75, 3.05) is 6.61 Å². The van der Waals surface area contributed by atoms with Crippen LogP contribution >= 0.6 is 0 Å². The maximum Gasteiger partial charge on any atom is 0.222 e. The molecule has 2 aliphatic rings. The highest BCUT2D eigenvalue weighted by Gasteiger charge is 2.28. The lowest BCUT2D eigenvalue weighted by atomic mass is 10.1. The van der Waals surface area contributed by atoms with E-state index in [1.54, 1.807) is 0 Å². The van der Waals surface area contributed by atoms with E-state index in [-0.39, 0.29) is 12.0 Å². The molecule has 1 amide bonds. The van der Waals surface area contributed by atoms with Crippen LogP contribution in [0.4, 0.5) is 0 Å². The van der Waals surface area contributed by atoms with E-state index in [4.69, 9.17) is 4.74 Å². The first-order valence-electron chi connectivity index (χ1n) is 7.52. The molecule has 1 aromatic rings. The minimum atomic E-state index is 0.0416. The Kier molecular flexibility index (Phi) is 4.00. The van der Waals surface area contributed by atoms with Crippen LogP contribution in [0.25, 0.3) is 0 Å². The largest absolute Gasteiger partial charge is 0.378 e. The van der Waals surface area contributed by atoms with Crippen molar-refractivity contribution in [1.29, 1.82) is 0 Å². The first-order chi connectivity index (χ1) is 9.74. The molecule has 110 valence electrons. The van der Waals surface area contributed by atoms with Gasteiger partial charge in [0.2, 0.25) is 5.91 Å². The van der Waals surface area contributed by atoms with Crippen LogP contribution in [-0.4, -0.2) is 33.4 Å². The van der Waals surface area contributed by atoms with E-state index >= 15 is 0 Å². The molecule has 0 spiro atoms. The highest BCUT2D eigenvalue weighted by molar-refractivity contribution is 5.76. The summed E-state index contributed by atoms with van der Waals surface area (Å²) in [5.41, 5.74) is 0. The number of aryl methyl sites for hydroxylation is 1. The van der Waals surface area contributed by atoms with Crippen molar-refractivity contribution in [3.05, 3.63) is 11.6 Å². The lowest BCUT2D eigenvalue weighted by Crippen LogP contribution is -2.30. The van der Waals surface area contributed by atoms with Crippen molar-refractivity contribution in [2.45, 2.75) is 64.1 Å². The zero-order chi connectivity index (χ0) is 13.9. The van der Waals surface area contributed by atoms with Gasteiger partial charge in [0.05, 0.1) is 19.1 Å². The number of carbonyl (C=O) groups excluding carboxylic acids is 1. The van der Waals surface area contributed by atoms with Crippen molar-refractivity contribution in [3.8, 4) is 0 Å². The average Bonchev–Trinajstić information content (AvgIpc) is 3.21. The summed E-state index contributed by atoms with van der Waals surface area (Å²) in [6.45, 7) is 3.21. The molecule has 2 fully saturated rings. The molecule has 1 aliphatic carbocycles. The summed E-state index contributed by atoms with van der Waals surface area (Å²) in [5.74, 6) is 1.84. The average molecular weight is 278 g/mol.